The van der Waals surface area contributed by atoms with Gasteiger partial charge in [0.1, 0.15) is 13.1 Å². The number of thioether (sulfide) groups is 1. The number of rotatable bonds is 6. The standard InChI is InChI=1S/C17H16N2O5S/c1-11(7-12-5-3-2-4-6-12)8-13-16(23)19(17(24)25-13)10-14(20)18-9-15(21)22/h2-8H,9-10H2,1H3,(H,18,20)(H,21,22)/b11-7+,13-8-. The van der Waals surface area contributed by atoms with Crippen LogP contribution in [0, 0.1) is 0 Å². The SMILES string of the molecule is CC(/C=C1\SC(=O)N(CC(=O)NCC(=O)O)C1=O)=C\c1ccccc1. The van der Waals surface area contributed by atoms with Crippen molar-refractivity contribution in [3.8, 4) is 0 Å². The first-order valence-corrected chi connectivity index (χ1v) is 8.15. The molecule has 1 fully saturated rings. The fraction of sp³-hybridized carbons (Fsp3) is 0.176. The zero-order chi connectivity index (χ0) is 18.4. The van der Waals surface area contributed by atoms with E-state index in [9.17, 15) is 19.2 Å². The fourth-order valence-corrected chi connectivity index (χ4v) is 2.96. The molecule has 1 aliphatic heterocycles. The van der Waals surface area contributed by atoms with Gasteiger partial charge in [-0.15, -0.1) is 0 Å². The van der Waals surface area contributed by atoms with E-state index in [0.29, 0.717) is 0 Å². The number of carboxylic acid groups (broad SMARTS) is 1. The third-order valence-corrected chi connectivity index (χ3v) is 4.07. The molecule has 130 valence electrons. The molecule has 8 heteroatoms. The van der Waals surface area contributed by atoms with E-state index in [4.69, 9.17) is 5.11 Å². The Kier molecular flexibility index (Phi) is 6.13. The van der Waals surface area contributed by atoms with Gasteiger partial charge in [0.2, 0.25) is 5.91 Å². The Morgan fingerprint density at radius 3 is 2.56 bits per heavy atom. The summed E-state index contributed by atoms with van der Waals surface area (Å²) in [6, 6.07) is 9.50. The lowest BCUT2D eigenvalue weighted by molar-refractivity contribution is -0.138. The number of hydrogen-bond acceptors (Lipinski definition) is 5. The largest absolute Gasteiger partial charge is 0.480 e. The van der Waals surface area contributed by atoms with E-state index in [0.717, 1.165) is 27.8 Å². The van der Waals surface area contributed by atoms with E-state index in [1.165, 1.54) is 0 Å². The minimum absolute atomic E-state index is 0.223. The molecule has 1 aromatic carbocycles. The minimum atomic E-state index is -1.20. The monoisotopic (exact) mass is 360 g/mol. The van der Waals surface area contributed by atoms with E-state index in [2.05, 4.69) is 5.32 Å². The van der Waals surface area contributed by atoms with Crippen LogP contribution in [0.15, 0.2) is 46.9 Å². The summed E-state index contributed by atoms with van der Waals surface area (Å²) < 4.78 is 0. The van der Waals surface area contributed by atoms with Crippen molar-refractivity contribution >= 4 is 40.9 Å². The number of amides is 3. The van der Waals surface area contributed by atoms with Crippen molar-refractivity contribution in [1.29, 1.82) is 0 Å². The highest BCUT2D eigenvalue weighted by Crippen LogP contribution is 2.31. The van der Waals surface area contributed by atoms with E-state index in [-0.39, 0.29) is 4.91 Å². The maximum absolute atomic E-state index is 12.3. The number of hydrogen-bond donors (Lipinski definition) is 2. The van der Waals surface area contributed by atoms with Crippen molar-refractivity contribution in [2.45, 2.75) is 6.92 Å². The minimum Gasteiger partial charge on any atom is -0.480 e. The van der Waals surface area contributed by atoms with Gasteiger partial charge in [0.05, 0.1) is 4.91 Å². The molecule has 7 nitrogen and oxygen atoms in total. The summed E-state index contributed by atoms with van der Waals surface area (Å²) in [5.74, 6) is -2.48. The first kappa shape index (κ1) is 18.5. The molecule has 1 aromatic rings. The van der Waals surface area contributed by atoms with Gasteiger partial charge in [-0.25, -0.2) is 0 Å². The van der Waals surface area contributed by atoms with Crippen LogP contribution >= 0.6 is 11.8 Å². The zero-order valence-corrected chi connectivity index (χ0v) is 14.2. The first-order chi connectivity index (χ1) is 11.9. The first-order valence-electron chi connectivity index (χ1n) is 7.34. The Labute approximate surface area is 148 Å². The summed E-state index contributed by atoms with van der Waals surface area (Å²) >= 11 is 0.748. The average molecular weight is 360 g/mol. The Hall–Kier alpha value is -2.87. The van der Waals surface area contributed by atoms with Crippen LogP contribution in [0.4, 0.5) is 4.79 Å². The maximum atomic E-state index is 12.3. The second kappa shape index (κ2) is 8.29. The number of aliphatic carboxylic acids is 1. The molecule has 1 aliphatic rings. The lowest BCUT2D eigenvalue weighted by atomic mass is 10.1. The van der Waals surface area contributed by atoms with Gasteiger partial charge in [0.15, 0.2) is 0 Å². The maximum Gasteiger partial charge on any atom is 0.322 e. The highest BCUT2D eigenvalue weighted by Gasteiger charge is 2.36. The highest BCUT2D eigenvalue weighted by molar-refractivity contribution is 8.18. The van der Waals surface area contributed by atoms with Crippen LogP contribution in [0.2, 0.25) is 0 Å². The van der Waals surface area contributed by atoms with Crippen LogP contribution in [0.3, 0.4) is 0 Å². The predicted molar refractivity (Wildman–Crippen MR) is 93.5 cm³/mol. The quantitative estimate of drug-likeness (QED) is 0.751. The van der Waals surface area contributed by atoms with Crippen molar-refractivity contribution in [3.05, 3.63) is 52.4 Å². The number of allylic oxidation sites excluding steroid dienone is 2. The molecule has 0 saturated carbocycles. The van der Waals surface area contributed by atoms with E-state index >= 15 is 0 Å². The second-order valence-corrected chi connectivity index (χ2v) is 6.23. The van der Waals surface area contributed by atoms with E-state index < -0.39 is 36.1 Å². The third-order valence-electron chi connectivity index (χ3n) is 3.16. The summed E-state index contributed by atoms with van der Waals surface area (Å²) in [6.45, 7) is 0.737. The van der Waals surface area contributed by atoms with Gasteiger partial charge in [0.25, 0.3) is 11.1 Å². The van der Waals surface area contributed by atoms with Gasteiger partial charge in [-0.1, -0.05) is 36.4 Å². The second-order valence-electron chi connectivity index (χ2n) is 5.24. The Balaban J connectivity index is 2.06. The zero-order valence-electron chi connectivity index (χ0n) is 13.4. The third kappa shape index (κ3) is 5.32. The molecule has 1 saturated heterocycles. The molecule has 2 rings (SSSR count). The van der Waals surface area contributed by atoms with Crippen LogP contribution in [-0.2, 0) is 14.4 Å². The molecule has 0 spiro atoms. The van der Waals surface area contributed by atoms with Gasteiger partial charge < -0.3 is 10.4 Å². The fourth-order valence-electron chi connectivity index (χ4n) is 2.07. The van der Waals surface area contributed by atoms with Crippen molar-refractivity contribution < 1.29 is 24.3 Å². The number of nitrogens with zero attached hydrogens (tertiary/aromatic N) is 1. The van der Waals surface area contributed by atoms with E-state index in [1.54, 1.807) is 13.0 Å². The summed E-state index contributed by atoms with van der Waals surface area (Å²) in [7, 11) is 0. The summed E-state index contributed by atoms with van der Waals surface area (Å²) in [6.07, 6.45) is 3.46. The number of benzene rings is 1. The molecule has 0 bridgehead atoms. The number of nitrogens with one attached hydrogen (secondary N) is 1. The van der Waals surface area contributed by atoms with Crippen molar-refractivity contribution in [2.24, 2.45) is 0 Å². The molecule has 1 heterocycles. The molecule has 0 aliphatic carbocycles. The number of carbonyl (C=O) groups excluding carboxylic acids is 3. The number of carbonyl (C=O) groups is 4. The van der Waals surface area contributed by atoms with Gasteiger partial charge in [-0.2, -0.15) is 0 Å². The lowest BCUT2D eigenvalue weighted by Gasteiger charge is -2.11. The smallest absolute Gasteiger partial charge is 0.322 e. The van der Waals surface area contributed by atoms with Crippen LogP contribution in [0.5, 0.6) is 0 Å². The van der Waals surface area contributed by atoms with Crippen molar-refractivity contribution in [2.75, 3.05) is 13.1 Å². The number of imide groups is 1. The molecule has 0 atom stereocenters. The van der Waals surface area contributed by atoms with Gasteiger partial charge in [0, 0.05) is 0 Å². The van der Waals surface area contributed by atoms with Gasteiger partial charge in [-0.05, 0) is 35.9 Å². The topological polar surface area (TPSA) is 104 Å². The molecule has 0 aromatic heterocycles. The molecule has 0 unspecified atom stereocenters. The lowest BCUT2D eigenvalue weighted by Crippen LogP contribution is -2.41. The van der Waals surface area contributed by atoms with E-state index in [1.807, 2.05) is 36.4 Å². The van der Waals surface area contributed by atoms with Gasteiger partial charge in [-0.3, -0.25) is 24.1 Å². The summed E-state index contributed by atoms with van der Waals surface area (Å²) in [5.41, 5.74) is 1.75. The molecular formula is C17H16N2O5S. The predicted octanol–water partition coefficient (Wildman–Crippen LogP) is 1.87. The van der Waals surface area contributed by atoms with Gasteiger partial charge >= 0.3 is 5.97 Å². The van der Waals surface area contributed by atoms with Crippen molar-refractivity contribution in [1.82, 2.24) is 10.2 Å². The Morgan fingerprint density at radius 1 is 1.24 bits per heavy atom. The van der Waals surface area contributed by atoms with Crippen LogP contribution in [-0.4, -0.2) is 46.1 Å². The van der Waals surface area contributed by atoms with Crippen LogP contribution in [0.25, 0.3) is 6.08 Å². The summed E-state index contributed by atoms with van der Waals surface area (Å²) in [4.78, 5) is 47.2. The molecule has 3 amide bonds. The molecule has 25 heavy (non-hydrogen) atoms. The average Bonchev–Trinajstić information content (AvgIpc) is 2.81. The Bertz CT molecular complexity index is 771. The molecule has 2 N–H and O–H groups in total. The summed E-state index contributed by atoms with van der Waals surface area (Å²) in [5, 5.41) is 10.1. The number of carboxylic acids is 1. The highest BCUT2D eigenvalue weighted by atomic mass is 32.2. The normalized spacial score (nSPS) is 16.4. The molecule has 0 radical (unpaired) electrons. The Morgan fingerprint density at radius 2 is 1.92 bits per heavy atom. The molecular weight excluding hydrogens is 344 g/mol. The van der Waals surface area contributed by atoms with Crippen molar-refractivity contribution in [3.63, 3.8) is 0 Å². The van der Waals surface area contributed by atoms with Crippen LogP contribution in [0.1, 0.15) is 12.5 Å². The van der Waals surface area contributed by atoms with Crippen LogP contribution < -0.4 is 5.32 Å².